The zero-order valence-electron chi connectivity index (χ0n) is 16.9. The Morgan fingerprint density at radius 3 is 2.37 bits per heavy atom. The molecular weight excluding hydrogens is 358 g/mol. The van der Waals surface area contributed by atoms with Crippen molar-refractivity contribution in [3.8, 4) is 0 Å². The highest BCUT2D eigenvalue weighted by Crippen LogP contribution is 2.21. The largest absolute Gasteiger partial charge is 0.333 e. The first-order valence-corrected chi connectivity index (χ1v) is 10.2. The normalized spacial score (nSPS) is 11.9. The number of hydrogen-bond donors (Lipinski definition) is 2. The summed E-state index contributed by atoms with van der Waals surface area (Å²) >= 11 is 1.65. The Kier molecular flexibility index (Phi) is 7.56. The number of carbonyl (C=O) groups excluding carboxylic acids is 2. The highest BCUT2D eigenvalue weighted by Gasteiger charge is 2.20. The maximum absolute atomic E-state index is 12.6. The number of nitrogens with zero attached hydrogens (tertiary/aromatic N) is 1. The lowest BCUT2D eigenvalue weighted by molar-refractivity contribution is -0.862. The molecular formula is C21H30N3O2S+. The molecule has 0 saturated carbocycles. The molecule has 1 aromatic carbocycles. The Labute approximate surface area is 166 Å². The third-order valence-corrected chi connectivity index (χ3v) is 5.38. The van der Waals surface area contributed by atoms with Gasteiger partial charge in [0.1, 0.15) is 0 Å². The quantitative estimate of drug-likeness (QED) is 0.728. The minimum Gasteiger partial charge on any atom is -0.333 e. The van der Waals surface area contributed by atoms with Crippen LogP contribution in [-0.2, 0) is 16.1 Å². The standard InChI is InChI=1S/C21H29N3O2S/c1-6-24(12-18-8-7-9-27-18)20(26)14-23(5)13-19(25)22-21-16(3)10-15(2)11-17(21)4/h7-11H,6,12-14H2,1-5H3,(H,22,25)/p+1. The van der Waals surface area contributed by atoms with E-state index in [1.165, 1.54) is 10.4 Å². The summed E-state index contributed by atoms with van der Waals surface area (Å²) in [6, 6.07) is 8.16. The highest BCUT2D eigenvalue weighted by molar-refractivity contribution is 7.09. The molecule has 0 fully saturated rings. The van der Waals surface area contributed by atoms with E-state index in [4.69, 9.17) is 0 Å². The second-order valence-corrected chi connectivity index (χ2v) is 8.15. The van der Waals surface area contributed by atoms with E-state index in [9.17, 15) is 9.59 Å². The van der Waals surface area contributed by atoms with Gasteiger partial charge in [-0.15, -0.1) is 11.3 Å². The summed E-state index contributed by atoms with van der Waals surface area (Å²) in [4.78, 5) is 28.9. The predicted molar refractivity (Wildman–Crippen MR) is 111 cm³/mol. The number of nitrogens with one attached hydrogen (secondary N) is 2. The van der Waals surface area contributed by atoms with Gasteiger partial charge in [0.2, 0.25) is 0 Å². The van der Waals surface area contributed by atoms with Gasteiger partial charge in [-0.3, -0.25) is 9.59 Å². The molecule has 0 bridgehead atoms. The number of likely N-dealkylation sites (N-methyl/N-ethyl adjacent to an activating group) is 2. The lowest BCUT2D eigenvalue weighted by atomic mass is 10.1. The fraction of sp³-hybridized carbons (Fsp3) is 0.429. The fourth-order valence-corrected chi connectivity index (χ4v) is 3.95. The minimum atomic E-state index is -0.0725. The van der Waals surface area contributed by atoms with E-state index in [1.807, 2.05) is 57.2 Å². The maximum atomic E-state index is 12.6. The van der Waals surface area contributed by atoms with E-state index >= 15 is 0 Å². The molecule has 2 amide bonds. The van der Waals surface area contributed by atoms with Gasteiger partial charge in [-0.25, -0.2) is 0 Å². The van der Waals surface area contributed by atoms with Gasteiger partial charge >= 0.3 is 0 Å². The molecule has 0 aliphatic carbocycles. The number of carbonyl (C=O) groups is 2. The third kappa shape index (κ3) is 6.19. The van der Waals surface area contributed by atoms with Gasteiger partial charge in [0.15, 0.2) is 13.1 Å². The lowest BCUT2D eigenvalue weighted by Crippen LogP contribution is -3.11. The molecule has 0 radical (unpaired) electrons. The molecule has 1 aromatic heterocycles. The summed E-state index contributed by atoms with van der Waals surface area (Å²) in [5.41, 5.74) is 4.17. The fourth-order valence-electron chi connectivity index (χ4n) is 3.23. The molecule has 2 rings (SSSR count). The Bertz CT molecular complexity index is 764. The number of anilines is 1. The molecule has 5 nitrogen and oxygen atoms in total. The highest BCUT2D eigenvalue weighted by atomic mass is 32.1. The van der Waals surface area contributed by atoms with Gasteiger partial charge in [0, 0.05) is 17.1 Å². The van der Waals surface area contributed by atoms with E-state index in [0.29, 0.717) is 19.6 Å². The van der Waals surface area contributed by atoms with Crippen LogP contribution < -0.4 is 10.2 Å². The molecule has 0 spiro atoms. The average molecular weight is 389 g/mol. The first-order valence-electron chi connectivity index (χ1n) is 9.29. The molecule has 1 heterocycles. The van der Waals surface area contributed by atoms with E-state index in [-0.39, 0.29) is 18.4 Å². The van der Waals surface area contributed by atoms with Crippen LogP contribution >= 0.6 is 11.3 Å². The summed E-state index contributed by atoms with van der Waals surface area (Å²) in [6.45, 7) is 9.89. The van der Waals surface area contributed by atoms with Crippen LogP contribution in [0.15, 0.2) is 29.6 Å². The predicted octanol–water partition coefficient (Wildman–Crippen LogP) is 2.18. The molecule has 0 aliphatic rings. The van der Waals surface area contributed by atoms with Gasteiger partial charge in [-0.05, 0) is 50.3 Å². The van der Waals surface area contributed by atoms with Gasteiger partial charge in [0.25, 0.3) is 11.8 Å². The van der Waals surface area contributed by atoms with E-state index in [1.54, 1.807) is 11.3 Å². The molecule has 146 valence electrons. The number of hydrogen-bond acceptors (Lipinski definition) is 3. The van der Waals surface area contributed by atoms with Crippen LogP contribution in [0.2, 0.25) is 0 Å². The number of rotatable bonds is 8. The van der Waals surface area contributed by atoms with Crippen molar-refractivity contribution in [2.75, 3.05) is 32.0 Å². The van der Waals surface area contributed by atoms with Crippen molar-refractivity contribution in [3.63, 3.8) is 0 Å². The van der Waals surface area contributed by atoms with Gasteiger partial charge < -0.3 is 15.1 Å². The molecule has 1 atom stereocenters. The Balaban J connectivity index is 1.89. The van der Waals surface area contributed by atoms with Crippen molar-refractivity contribution in [1.29, 1.82) is 0 Å². The maximum Gasteiger partial charge on any atom is 0.279 e. The van der Waals surface area contributed by atoms with Crippen LogP contribution in [0.5, 0.6) is 0 Å². The topological polar surface area (TPSA) is 53.9 Å². The van der Waals surface area contributed by atoms with E-state index in [2.05, 4.69) is 17.4 Å². The average Bonchev–Trinajstić information content (AvgIpc) is 3.08. The van der Waals surface area contributed by atoms with Crippen molar-refractivity contribution in [1.82, 2.24) is 4.90 Å². The monoisotopic (exact) mass is 388 g/mol. The molecule has 1 unspecified atom stereocenters. The lowest BCUT2D eigenvalue weighted by Gasteiger charge is -2.22. The summed E-state index contributed by atoms with van der Waals surface area (Å²) in [5.74, 6) is -0.00412. The van der Waals surface area contributed by atoms with Crippen LogP contribution in [0.25, 0.3) is 0 Å². The van der Waals surface area contributed by atoms with Crippen LogP contribution in [0, 0.1) is 20.8 Å². The first kappa shape index (κ1) is 21.1. The van der Waals surface area contributed by atoms with Crippen LogP contribution in [-0.4, -0.2) is 43.4 Å². The van der Waals surface area contributed by atoms with Gasteiger partial charge in [-0.1, -0.05) is 23.8 Å². The number of benzene rings is 1. The first-order chi connectivity index (χ1) is 12.8. The molecule has 2 aromatic rings. The van der Waals surface area contributed by atoms with Crippen molar-refractivity contribution < 1.29 is 14.5 Å². The Hall–Kier alpha value is -2.18. The van der Waals surface area contributed by atoms with E-state index in [0.717, 1.165) is 21.7 Å². The van der Waals surface area contributed by atoms with Crippen LogP contribution in [0.3, 0.4) is 0 Å². The minimum absolute atomic E-state index is 0.0684. The molecule has 0 saturated heterocycles. The second kappa shape index (κ2) is 9.67. The summed E-state index contributed by atoms with van der Waals surface area (Å²) in [7, 11) is 1.88. The van der Waals surface area contributed by atoms with Gasteiger partial charge in [-0.2, -0.15) is 0 Å². The molecule has 27 heavy (non-hydrogen) atoms. The van der Waals surface area contributed by atoms with Crippen molar-refractivity contribution in [2.24, 2.45) is 0 Å². The van der Waals surface area contributed by atoms with E-state index < -0.39 is 0 Å². The second-order valence-electron chi connectivity index (χ2n) is 7.12. The summed E-state index contributed by atoms with van der Waals surface area (Å²) in [5, 5.41) is 5.02. The number of thiophene rings is 1. The van der Waals surface area contributed by atoms with Crippen LogP contribution in [0.1, 0.15) is 28.5 Å². The third-order valence-electron chi connectivity index (χ3n) is 4.52. The van der Waals surface area contributed by atoms with Crippen molar-refractivity contribution in [2.45, 2.75) is 34.2 Å². The van der Waals surface area contributed by atoms with Crippen molar-refractivity contribution >= 4 is 28.8 Å². The number of aryl methyl sites for hydroxylation is 3. The summed E-state index contributed by atoms with van der Waals surface area (Å²) in [6.07, 6.45) is 0. The summed E-state index contributed by atoms with van der Waals surface area (Å²) < 4.78 is 0. The van der Waals surface area contributed by atoms with Crippen LogP contribution in [0.4, 0.5) is 5.69 Å². The zero-order valence-corrected chi connectivity index (χ0v) is 17.7. The zero-order chi connectivity index (χ0) is 20.0. The SMILES string of the molecule is CCN(Cc1cccs1)C(=O)C[NH+](C)CC(=O)Nc1c(C)cc(C)cc1C. The Morgan fingerprint density at radius 1 is 1.15 bits per heavy atom. The number of quaternary nitrogens is 1. The molecule has 2 N–H and O–H groups in total. The van der Waals surface area contributed by atoms with Gasteiger partial charge in [0.05, 0.1) is 13.6 Å². The molecule has 6 heteroatoms. The smallest absolute Gasteiger partial charge is 0.279 e. The Morgan fingerprint density at radius 2 is 1.81 bits per heavy atom. The number of amides is 2. The van der Waals surface area contributed by atoms with Crippen molar-refractivity contribution in [3.05, 3.63) is 51.2 Å². The molecule has 0 aliphatic heterocycles.